The number of carbonyl (C=O) groups is 1. The number of guanidine groups is 1. The maximum atomic E-state index is 11.7. The number of morpholine rings is 1. The van der Waals surface area contributed by atoms with Gasteiger partial charge in [-0.2, -0.15) is 0 Å². The number of aliphatic imine (C=N–C) groups is 1. The molecule has 3 N–H and O–H groups in total. The Morgan fingerprint density at radius 1 is 1.29 bits per heavy atom. The predicted octanol–water partition coefficient (Wildman–Crippen LogP) is 2.28. The molecule has 174 valence electrons. The summed E-state index contributed by atoms with van der Waals surface area (Å²) in [6.07, 6.45) is 2.48. The number of hydrogen-bond donors (Lipinski definition) is 3. The molecule has 2 rings (SSSR count). The minimum Gasteiger partial charge on any atom is -0.444 e. The molecule has 0 spiro atoms. The highest BCUT2D eigenvalue weighted by atomic mass is 16.6. The average Bonchev–Trinajstić information content (AvgIpc) is 2.71. The molecule has 9 nitrogen and oxygen atoms in total. The van der Waals surface area contributed by atoms with Crippen molar-refractivity contribution < 1.29 is 14.3 Å². The number of rotatable bonds is 8. The molecule has 1 atom stereocenters. The Labute approximate surface area is 186 Å². The lowest BCUT2D eigenvalue weighted by Crippen LogP contribution is -2.41. The smallest absolute Gasteiger partial charge is 0.407 e. The zero-order valence-corrected chi connectivity index (χ0v) is 19.5. The van der Waals surface area contributed by atoms with E-state index in [9.17, 15) is 4.79 Å². The predicted molar refractivity (Wildman–Crippen MR) is 124 cm³/mol. The lowest BCUT2D eigenvalue weighted by atomic mass is 10.2. The molecule has 0 bridgehead atoms. The number of pyridine rings is 1. The largest absolute Gasteiger partial charge is 0.444 e. The first kappa shape index (κ1) is 24.7. The van der Waals surface area contributed by atoms with Gasteiger partial charge in [0.1, 0.15) is 11.4 Å². The quantitative estimate of drug-likeness (QED) is 0.328. The molecular weight excluding hydrogens is 396 g/mol. The number of aromatic nitrogens is 1. The number of hydrogen-bond acceptors (Lipinski definition) is 6. The summed E-state index contributed by atoms with van der Waals surface area (Å²) in [6, 6.07) is 4.12. The lowest BCUT2D eigenvalue weighted by Gasteiger charge is -2.32. The van der Waals surface area contributed by atoms with Crippen molar-refractivity contribution in [2.45, 2.75) is 59.3 Å². The molecule has 1 unspecified atom stereocenters. The van der Waals surface area contributed by atoms with Crippen LogP contribution in [-0.2, 0) is 16.0 Å². The number of nitrogens with one attached hydrogen (secondary N) is 3. The fourth-order valence-electron chi connectivity index (χ4n) is 3.04. The minimum atomic E-state index is -0.485. The third-order valence-corrected chi connectivity index (χ3v) is 4.45. The number of carbonyl (C=O) groups excluding carboxylic acids is 1. The third-order valence-electron chi connectivity index (χ3n) is 4.45. The van der Waals surface area contributed by atoms with Crippen molar-refractivity contribution in [2.24, 2.45) is 4.99 Å². The van der Waals surface area contributed by atoms with Crippen molar-refractivity contribution in [3.63, 3.8) is 0 Å². The summed E-state index contributed by atoms with van der Waals surface area (Å²) in [5, 5.41) is 9.28. The zero-order valence-electron chi connectivity index (χ0n) is 19.5. The van der Waals surface area contributed by atoms with Gasteiger partial charge >= 0.3 is 6.09 Å². The molecule has 31 heavy (non-hydrogen) atoms. The van der Waals surface area contributed by atoms with Crippen LogP contribution in [0.25, 0.3) is 0 Å². The summed E-state index contributed by atoms with van der Waals surface area (Å²) in [4.78, 5) is 23.1. The Morgan fingerprint density at radius 2 is 2.06 bits per heavy atom. The van der Waals surface area contributed by atoms with E-state index < -0.39 is 11.7 Å². The molecule has 0 saturated carbocycles. The number of alkyl carbamates (subject to hydrolysis) is 1. The van der Waals surface area contributed by atoms with Gasteiger partial charge < -0.3 is 30.3 Å². The van der Waals surface area contributed by atoms with Crippen LogP contribution in [0.4, 0.5) is 10.6 Å². The van der Waals surface area contributed by atoms with Crippen LogP contribution in [0.15, 0.2) is 23.3 Å². The Morgan fingerprint density at radius 3 is 2.71 bits per heavy atom. The first-order valence-corrected chi connectivity index (χ1v) is 11.1. The maximum Gasteiger partial charge on any atom is 0.407 e. The van der Waals surface area contributed by atoms with Gasteiger partial charge in [0.15, 0.2) is 5.96 Å². The van der Waals surface area contributed by atoms with Crippen molar-refractivity contribution in [3.8, 4) is 0 Å². The second-order valence-electron chi connectivity index (χ2n) is 8.56. The maximum absolute atomic E-state index is 11.7. The number of ether oxygens (including phenoxy) is 2. The fraction of sp³-hybridized carbons (Fsp3) is 0.682. The molecule has 1 aromatic heterocycles. The lowest BCUT2D eigenvalue weighted by molar-refractivity contribution is 0.0524. The van der Waals surface area contributed by atoms with Gasteiger partial charge in [0.2, 0.25) is 0 Å². The average molecular weight is 435 g/mol. The highest BCUT2D eigenvalue weighted by molar-refractivity contribution is 5.79. The van der Waals surface area contributed by atoms with Crippen LogP contribution in [-0.4, -0.2) is 68.1 Å². The fourth-order valence-corrected chi connectivity index (χ4v) is 3.04. The molecule has 1 aliphatic rings. The van der Waals surface area contributed by atoms with E-state index in [0.29, 0.717) is 19.6 Å². The van der Waals surface area contributed by atoms with Crippen molar-refractivity contribution >= 4 is 17.9 Å². The number of anilines is 1. The monoisotopic (exact) mass is 434 g/mol. The molecule has 1 aromatic rings. The Hall–Kier alpha value is -2.55. The molecule has 1 aliphatic heterocycles. The van der Waals surface area contributed by atoms with Crippen molar-refractivity contribution in [1.82, 2.24) is 20.9 Å². The molecule has 2 heterocycles. The SMILES string of the molecule is CCNC(=NCc1ccc(N2CCOC(C)C2)nc1)NCCCNC(=O)OC(C)(C)C. The van der Waals surface area contributed by atoms with Crippen LogP contribution in [0.5, 0.6) is 0 Å². The highest BCUT2D eigenvalue weighted by Crippen LogP contribution is 2.15. The van der Waals surface area contributed by atoms with Crippen molar-refractivity contribution in [2.75, 3.05) is 44.2 Å². The van der Waals surface area contributed by atoms with Gasteiger partial charge in [-0.25, -0.2) is 14.8 Å². The molecule has 1 amide bonds. The van der Waals surface area contributed by atoms with Crippen molar-refractivity contribution in [1.29, 1.82) is 0 Å². The first-order valence-electron chi connectivity index (χ1n) is 11.1. The van der Waals surface area contributed by atoms with Gasteiger partial charge in [0.05, 0.1) is 19.3 Å². The van der Waals surface area contributed by atoms with Crippen LogP contribution in [0.1, 0.15) is 46.6 Å². The summed E-state index contributed by atoms with van der Waals surface area (Å²) in [6.45, 7) is 14.7. The first-order chi connectivity index (χ1) is 14.8. The van der Waals surface area contributed by atoms with Crippen LogP contribution < -0.4 is 20.9 Å². The zero-order chi connectivity index (χ0) is 22.7. The summed E-state index contributed by atoms with van der Waals surface area (Å²) >= 11 is 0. The minimum absolute atomic E-state index is 0.230. The molecule has 0 aromatic carbocycles. The summed E-state index contributed by atoms with van der Waals surface area (Å²) in [7, 11) is 0. The topological polar surface area (TPSA) is 100 Å². The summed E-state index contributed by atoms with van der Waals surface area (Å²) in [5.41, 5.74) is 0.565. The van der Waals surface area contributed by atoms with E-state index >= 15 is 0 Å². The van der Waals surface area contributed by atoms with E-state index in [0.717, 1.165) is 50.0 Å². The Balaban J connectivity index is 1.75. The van der Waals surface area contributed by atoms with Gasteiger partial charge in [-0.15, -0.1) is 0 Å². The third kappa shape index (κ3) is 9.87. The van der Waals surface area contributed by atoms with Crippen LogP contribution in [0.2, 0.25) is 0 Å². The molecule has 0 radical (unpaired) electrons. The van der Waals surface area contributed by atoms with E-state index in [4.69, 9.17) is 9.47 Å². The highest BCUT2D eigenvalue weighted by Gasteiger charge is 2.17. The van der Waals surface area contributed by atoms with Gasteiger partial charge in [-0.1, -0.05) is 6.07 Å². The second kappa shape index (κ2) is 12.3. The molecule has 0 aliphatic carbocycles. The number of nitrogens with zero attached hydrogens (tertiary/aromatic N) is 3. The molecule has 1 fully saturated rings. The van der Waals surface area contributed by atoms with Gasteiger partial charge in [-0.05, 0) is 52.7 Å². The standard InChI is InChI=1S/C22H38N6O3/c1-6-23-20(24-10-7-11-25-21(29)31-22(3,4)5)27-15-18-8-9-19(26-14-18)28-12-13-30-17(2)16-28/h8-9,14,17H,6-7,10-13,15-16H2,1-5H3,(H,25,29)(H2,23,24,27). The van der Waals surface area contributed by atoms with Gasteiger partial charge in [-0.3, -0.25) is 0 Å². The Bertz CT molecular complexity index is 702. The second-order valence-corrected chi connectivity index (χ2v) is 8.56. The van der Waals surface area contributed by atoms with Gasteiger partial charge in [0.25, 0.3) is 0 Å². The van der Waals surface area contributed by atoms with E-state index in [-0.39, 0.29) is 6.10 Å². The molecular formula is C22H38N6O3. The van der Waals surface area contributed by atoms with E-state index in [1.807, 2.05) is 40.0 Å². The van der Waals surface area contributed by atoms with Crippen LogP contribution in [0.3, 0.4) is 0 Å². The molecule has 1 saturated heterocycles. The van der Waals surface area contributed by atoms with Gasteiger partial charge in [0, 0.05) is 38.9 Å². The Kier molecular flexibility index (Phi) is 9.84. The van der Waals surface area contributed by atoms with E-state index in [1.165, 1.54) is 0 Å². The normalized spacial score (nSPS) is 17.3. The van der Waals surface area contributed by atoms with Crippen molar-refractivity contribution in [3.05, 3.63) is 23.9 Å². The number of amides is 1. The van der Waals surface area contributed by atoms with E-state index in [1.54, 1.807) is 0 Å². The summed E-state index contributed by atoms with van der Waals surface area (Å²) < 4.78 is 10.8. The summed E-state index contributed by atoms with van der Waals surface area (Å²) in [5.74, 6) is 1.72. The molecule has 9 heteroatoms. The van der Waals surface area contributed by atoms with E-state index in [2.05, 4.69) is 43.8 Å². The van der Waals surface area contributed by atoms with Crippen LogP contribution >= 0.6 is 0 Å². The van der Waals surface area contributed by atoms with Crippen LogP contribution in [0, 0.1) is 0 Å².